The summed E-state index contributed by atoms with van der Waals surface area (Å²) in [6.07, 6.45) is 0. The Labute approximate surface area is 111 Å². The molecule has 0 aliphatic rings. The number of methoxy groups -OCH3 is 2. The number of nitrogen functional groups attached to an aromatic ring is 1. The molecule has 0 saturated carbocycles. The molecule has 3 N–H and O–H groups in total. The number of benzene rings is 1. The Bertz CT molecular complexity index is 662. The summed E-state index contributed by atoms with van der Waals surface area (Å²) >= 11 is 0. The van der Waals surface area contributed by atoms with Gasteiger partial charge >= 0.3 is 0 Å². The molecule has 0 aliphatic carbocycles. The number of aromatic nitrogens is 1. The monoisotopic (exact) mass is 260 g/mol. The predicted octanol–water partition coefficient (Wildman–Crippen LogP) is 1.95. The molecule has 0 amide bonds. The molecule has 1 aromatic heterocycles. The topological polar surface area (TPSA) is 77.3 Å². The summed E-state index contributed by atoms with van der Waals surface area (Å²) in [5.41, 5.74) is 8.08. The molecule has 0 saturated heterocycles. The van der Waals surface area contributed by atoms with Gasteiger partial charge in [-0.2, -0.15) is 0 Å². The molecule has 0 spiro atoms. The van der Waals surface area contributed by atoms with Crippen LogP contribution in [-0.2, 0) is 0 Å². The fraction of sp³-hybridized carbons (Fsp3) is 0.214. The molecule has 1 heterocycles. The number of rotatable bonds is 3. The lowest BCUT2D eigenvalue weighted by atomic mass is 10.0. The molecule has 0 fully saturated rings. The Hall–Kier alpha value is -2.43. The molecule has 0 radical (unpaired) electrons. The highest BCUT2D eigenvalue weighted by Crippen LogP contribution is 2.33. The highest BCUT2D eigenvalue weighted by molar-refractivity contribution is 5.71. The third kappa shape index (κ3) is 2.40. The van der Waals surface area contributed by atoms with E-state index in [0.717, 1.165) is 16.8 Å². The number of H-pyrrole nitrogens is 1. The van der Waals surface area contributed by atoms with E-state index in [4.69, 9.17) is 15.2 Å². The van der Waals surface area contributed by atoms with Gasteiger partial charge in [0.2, 0.25) is 0 Å². The Morgan fingerprint density at radius 1 is 1.11 bits per heavy atom. The number of pyridine rings is 1. The Kier molecular flexibility index (Phi) is 3.46. The molecule has 0 aliphatic heterocycles. The number of hydrogen-bond donors (Lipinski definition) is 2. The van der Waals surface area contributed by atoms with Gasteiger partial charge in [-0.05, 0) is 30.7 Å². The number of nitrogens with two attached hydrogens (primary N) is 1. The van der Waals surface area contributed by atoms with E-state index in [0.29, 0.717) is 11.5 Å². The van der Waals surface area contributed by atoms with Crippen LogP contribution in [0.4, 0.5) is 5.69 Å². The first kappa shape index (κ1) is 13.0. The van der Waals surface area contributed by atoms with Crippen LogP contribution in [0.1, 0.15) is 5.69 Å². The van der Waals surface area contributed by atoms with Crippen molar-refractivity contribution in [2.75, 3.05) is 20.0 Å². The van der Waals surface area contributed by atoms with Gasteiger partial charge in [0.05, 0.1) is 19.9 Å². The minimum absolute atomic E-state index is 0.190. The molecule has 1 aromatic carbocycles. The zero-order valence-electron chi connectivity index (χ0n) is 11.1. The summed E-state index contributed by atoms with van der Waals surface area (Å²) in [6, 6.07) is 7.21. The molecule has 0 unspecified atom stereocenters. The number of hydrogen-bond acceptors (Lipinski definition) is 4. The van der Waals surface area contributed by atoms with E-state index >= 15 is 0 Å². The van der Waals surface area contributed by atoms with Gasteiger partial charge in [-0.3, -0.25) is 4.79 Å². The minimum atomic E-state index is -0.276. The average molecular weight is 260 g/mol. The van der Waals surface area contributed by atoms with E-state index in [1.807, 2.05) is 25.1 Å². The summed E-state index contributed by atoms with van der Waals surface area (Å²) in [4.78, 5) is 14.1. The molecule has 2 rings (SSSR count). The van der Waals surface area contributed by atoms with Crippen LogP contribution in [0.2, 0.25) is 0 Å². The third-order valence-corrected chi connectivity index (χ3v) is 2.96. The second-order valence-electron chi connectivity index (χ2n) is 4.16. The number of ether oxygens (including phenoxy) is 2. The molecule has 100 valence electrons. The maximum atomic E-state index is 11.4. The first-order chi connectivity index (χ1) is 9.06. The van der Waals surface area contributed by atoms with Crippen molar-refractivity contribution in [3.05, 3.63) is 40.3 Å². The average Bonchev–Trinajstić information content (AvgIpc) is 2.42. The van der Waals surface area contributed by atoms with Crippen molar-refractivity contribution >= 4 is 5.69 Å². The summed E-state index contributed by atoms with van der Waals surface area (Å²) in [7, 11) is 3.16. The van der Waals surface area contributed by atoms with Gasteiger partial charge in [-0.25, -0.2) is 0 Å². The highest BCUT2D eigenvalue weighted by atomic mass is 16.5. The minimum Gasteiger partial charge on any atom is -0.493 e. The number of nitrogens with one attached hydrogen (secondary N) is 1. The van der Waals surface area contributed by atoms with Gasteiger partial charge in [0, 0.05) is 11.3 Å². The van der Waals surface area contributed by atoms with Crippen molar-refractivity contribution in [1.82, 2.24) is 4.98 Å². The van der Waals surface area contributed by atoms with Crippen molar-refractivity contribution in [3.63, 3.8) is 0 Å². The van der Waals surface area contributed by atoms with Crippen molar-refractivity contribution in [2.45, 2.75) is 6.92 Å². The first-order valence-corrected chi connectivity index (χ1v) is 5.78. The van der Waals surface area contributed by atoms with Gasteiger partial charge in [0.25, 0.3) is 5.56 Å². The Morgan fingerprint density at radius 2 is 1.79 bits per heavy atom. The van der Waals surface area contributed by atoms with Crippen LogP contribution in [0.5, 0.6) is 11.5 Å². The fourth-order valence-electron chi connectivity index (χ4n) is 1.94. The number of anilines is 1. The van der Waals surface area contributed by atoms with Gasteiger partial charge < -0.3 is 20.2 Å². The molecular formula is C14H16N2O3. The maximum Gasteiger partial charge on any atom is 0.271 e. The van der Waals surface area contributed by atoms with Crippen molar-refractivity contribution in [2.24, 2.45) is 0 Å². The van der Waals surface area contributed by atoms with E-state index in [2.05, 4.69) is 4.98 Å². The maximum absolute atomic E-state index is 11.4. The fourth-order valence-corrected chi connectivity index (χ4v) is 1.94. The van der Waals surface area contributed by atoms with Crippen LogP contribution in [0.15, 0.2) is 29.1 Å². The van der Waals surface area contributed by atoms with E-state index in [1.54, 1.807) is 20.3 Å². The number of aryl methyl sites for hydroxylation is 1. The smallest absolute Gasteiger partial charge is 0.271 e. The molecule has 5 nitrogen and oxygen atoms in total. The van der Waals surface area contributed by atoms with Crippen LogP contribution < -0.4 is 20.8 Å². The van der Waals surface area contributed by atoms with Crippen LogP contribution in [0.25, 0.3) is 11.1 Å². The van der Waals surface area contributed by atoms with Gasteiger partial charge in [-0.1, -0.05) is 6.07 Å². The summed E-state index contributed by atoms with van der Waals surface area (Å²) in [5, 5.41) is 0. The molecule has 0 bridgehead atoms. The van der Waals surface area contributed by atoms with Crippen molar-refractivity contribution in [3.8, 4) is 22.6 Å². The number of aromatic amines is 1. The van der Waals surface area contributed by atoms with Crippen LogP contribution in [-0.4, -0.2) is 19.2 Å². The Morgan fingerprint density at radius 3 is 2.42 bits per heavy atom. The Balaban J connectivity index is 2.59. The zero-order chi connectivity index (χ0) is 14.0. The van der Waals surface area contributed by atoms with E-state index in [1.165, 1.54) is 0 Å². The molecule has 2 aromatic rings. The summed E-state index contributed by atoms with van der Waals surface area (Å²) in [5.74, 6) is 1.28. The summed E-state index contributed by atoms with van der Waals surface area (Å²) in [6.45, 7) is 1.83. The lowest BCUT2D eigenvalue weighted by molar-refractivity contribution is 0.355. The first-order valence-electron chi connectivity index (χ1n) is 5.78. The molecule has 19 heavy (non-hydrogen) atoms. The molecule has 5 heteroatoms. The normalized spacial score (nSPS) is 10.3. The zero-order valence-corrected chi connectivity index (χ0v) is 11.1. The van der Waals surface area contributed by atoms with Crippen molar-refractivity contribution < 1.29 is 9.47 Å². The standard InChI is InChI=1S/C14H16N2O3/c1-8-10(7-11(15)14(17)16-8)9-4-5-12(18-2)13(6-9)19-3/h4-7H,15H2,1-3H3,(H,16,17). The van der Waals surface area contributed by atoms with Crippen LogP contribution in [0.3, 0.4) is 0 Å². The summed E-state index contributed by atoms with van der Waals surface area (Å²) < 4.78 is 10.5. The van der Waals surface area contributed by atoms with E-state index < -0.39 is 0 Å². The van der Waals surface area contributed by atoms with E-state index in [9.17, 15) is 4.79 Å². The van der Waals surface area contributed by atoms with Crippen LogP contribution in [0, 0.1) is 6.92 Å². The molecular weight excluding hydrogens is 244 g/mol. The largest absolute Gasteiger partial charge is 0.493 e. The lowest BCUT2D eigenvalue weighted by Crippen LogP contribution is -2.13. The second-order valence-corrected chi connectivity index (χ2v) is 4.16. The predicted molar refractivity (Wildman–Crippen MR) is 74.8 cm³/mol. The second kappa shape index (κ2) is 5.06. The third-order valence-electron chi connectivity index (χ3n) is 2.96. The van der Waals surface area contributed by atoms with Gasteiger partial charge in [-0.15, -0.1) is 0 Å². The van der Waals surface area contributed by atoms with Gasteiger partial charge in [0.15, 0.2) is 11.5 Å². The van der Waals surface area contributed by atoms with E-state index in [-0.39, 0.29) is 11.2 Å². The SMILES string of the molecule is COc1ccc(-c2cc(N)c(=O)[nH]c2C)cc1OC. The van der Waals surface area contributed by atoms with Gasteiger partial charge in [0.1, 0.15) is 0 Å². The quantitative estimate of drug-likeness (QED) is 0.884. The molecule has 0 atom stereocenters. The highest BCUT2D eigenvalue weighted by Gasteiger charge is 2.09. The van der Waals surface area contributed by atoms with Crippen molar-refractivity contribution in [1.29, 1.82) is 0 Å². The van der Waals surface area contributed by atoms with Crippen LogP contribution >= 0.6 is 0 Å². The lowest BCUT2D eigenvalue weighted by Gasteiger charge is -2.11.